The molecule has 0 radical (unpaired) electrons. The topological polar surface area (TPSA) is 55.8 Å². The highest BCUT2D eigenvalue weighted by Gasteiger charge is 2.28. The molecule has 2 saturated heterocycles. The Kier molecular flexibility index (Phi) is 4.41. The molecule has 1 amide bonds. The Hall–Kier alpha value is -1.59. The second kappa shape index (κ2) is 6.45. The van der Waals surface area contributed by atoms with Crippen molar-refractivity contribution in [1.29, 1.82) is 0 Å². The molecule has 0 aromatic heterocycles. The van der Waals surface area contributed by atoms with Crippen molar-refractivity contribution in [2.45, 2.75) is 25.0 Å². The zero-order chi connectivity index (χ0) is 14.7. The highest BCUT2D eigenvalue weighted by molar-refractivity contribution is 5.77. The Morgan fingerprint density at radius 2 is 2.05 bits per heavy atom. The maximum Gasteiger partial charge on any atom is 0.224 e. The second-order valence-corrected chi connectivity index (χ2v) is 5.92. The number of benzene rings is 1. The summed E-state index contributed by atoms with van der Waals surface area (Å²) in [6.45, 7) is 3.90. The fourth-order valence-electron chi connectivity index (χ4n) is 3.14. The SMILES string of the molecule is O=C(CC1CN(c2ccccc2)CCN1)N1CC[C@@H](O)C1. The number of para-hydroxylation sites is 1. The van der Waals surface area contributed by atoms with Crippen LogP contribution in [0, 0.1) is 0 Å². The molecule has 0 spiro atoms. The van der Waals surface area contributed by atoms with E-state index in [4.69, 9.17) is 0 Å². The fourth-order valence-corrected chi connectivity index (χ4v) is 3.14. The van der Waals surface area contributed by atoms with E-state index in [0.29, 0.717) is 25.9 Å². The lowest BCUT2D eigenvalue weighted by molar-refractivity contribution is -0.131. The van der Waals surface area contributed by atoms with Crippen molar-refractivity contribution in [1.82, 2.24) is 10.2 Å². The molecule has 2 N–H and O–H groups in total. The van der Waals surface area contributed by atoms with E-state index in [1.807, 2.05) is 18.2 Å². The Morgan fingerprint density at radius 1 is 1.24 bits per heavy atom. The Balaban J connectivity index is 1.55. The van der Waals surface area contributed by atoms with Gasteiger partial charge in [0.15, 0.2) is 0 Å². The average molecular weight is 289 g/mol. The molecule has 1 unspecified atom stereocenters. The van der Waals surface area contributed by atoms with Crippen molar-refractivity contribution in [3.8, 4) is 0 Å². The van der Waals surface area contributed by atoms with Crippen molar-refractivity contribution in [2.75, 3.05) is 37.6 Å². The number of amides is 1. The van der Waals surface area contributed by atoms with Gasteiger partial charge in [0.2, 0.25) is 5.91 Å². The summed E-state index contributed by atoms with van der Waals surface area (Å²) >= 11 is 0. The number of nitrogens with one attached hydrogen (secondary N) is 1. The molecule has 1 aromatic carbocycles. The molecule has 5 heteroatoms. The lowest BCUT2D eigenvalue weighted by Crippen LogP contribution is -2.52. The summed E-state index contributed by atoms with van der Waals surface area (Å²) in [7, 11) is 0. The van der Waals surface area contributed by atoms with E-state index in [2.05, 4.69) is 22.3 Å². The van der Waals surface area contributed by atoms with E-state index in [-0.39, 0.29) is 18.1 Å². The van der Waals surface area contributed by atoms with Crippen LogP contribution >= 0.6 is 0 Å². The molecule has 0 bridgehead atoms. The Labute approximate surface area is 125 Å². The van der Waals surface area contributed by atoms with Gasteiger partial charge in [-0.2, -0.15) is 0 Å². The van der Waals surface area contributed by atoms with Crippen LogP contribution in [0.25, 0.3) is 0 Å². The van der Waals surface area contributed by atoms with Gasteiger partial charge in [-0.3, -0.25) is 4.79 Å². The predicted octanol–water partition coefficient (Wildman–Crippen LogP) is 0.448. The minimum absolute atomic E-state index is 0.152. The average Bonchev–Trinajstić information content (AvgIpc) is 2.95. The monoisotopic (exact) mass is 289 g/mol. The molecular formula is C16H23N3O2. The molecule has 21 heavy (non-hydrogen) atoms. The first-order valence-electron chi connectivity index (χ1n) is 7.71. The number of aliphatic hydroxyl groups is 1. The fraction of sp³-hybridized carbons (Fsp3) is 0.562. The van der Waals surface area contributed by atoms with E-state index in [1.165, 1.54) is 5.69 Å². The molecule has 2 aliphatic rings. The maximum absolute atomic E-state index is 12.3. The molecule has 3 rings (SSSR count). The van der Waals surface area contributed by atoms with Gasteiger partial charge < -0.3 is 20.2 Å². The van der Waals surface area contributed by atoms with Crippen LogP contribution in [0.4, 0.5) is 5.69 Å². The first kappa shape index (κ1) is 14.4. The number of nitrogens with zero attached hydrogens (tertiary/aromatic N) is 2. The predicted molar refractivity (Wildman–Crippen MR) is 82.3 cm³/mol. The van der Waals surface area contributed by atoms with Gasteiger partial charge in [-0.25, -0.2) is 0 Å². The third-order valence-electron chi connectivity index (χ3n) is 4.31. The number of piperazine rings is 1. The number of rotatable bonds is 3. The van der Waals surface area contributed by atoms with Crippen LogP contribution in [0.3, 0.4) is 0 Å². The number of anilines is 1. The highest BCUT2D eigenvalue weighted by atomic mass is 16.3. The van der Waals surface area contributed by atoms with Gasteiger partial charge >= 0.3 is 0 Å². The summed E-state index contributed by atoms with van der Waals surface area (Å²) in [6.07, 6.45) is 0.879. The summed E-state index contributed by atoms with van der Waals surface area (Å²) in [5, 5.41) is 13.0. The summed E-state index contributed by atoms with van der Waals surface area (Å²) < 4.78 is 0. The molecule has 2 fully saturated rings. The number of carbonyl (C=O) groups excluding carboxylic acids is 1. The van der Waals surface area contributed by atoms with Crippen molar-refractivity contribution in [2.24, 2.45) is 0 Å². The first-order valence-corrected chi connectivity index (χ1v) is 7.71. The van der Waals surface area contributed by atoms with Gasteiger partial charge in [0.05, 0.1) is 6.10 Å². The van der Waals surface area contributed by atoms with Crippen molar-refractivity contribution in [3.63, 3.8) is 0 Å². The smallest absolute Gasteiger partial charge is 0.224 e. The van der Waals surface area contributed by atoms with Crippen LogP contribution in [0.1, 0.15) is 12.8 Å². The van der Waals surface area contributed by atoms with E-state index in [0.717, 1.165) is 19.6 Å². The molecular weight excluding hydrogens is 266 g/mol. The minimum atomic E-state index is -0.339. The lowest BCUT2D eigenvalue weighted by Gasteiger charge is -2.35. The Bertz CT molecular complexity index is 480. The first-order chi connectivity index (χ1) is 10.2. The quantitative estimate of drug-likeness (QED) is 0.848. The number of hydrogen-bond acceptors (Lipinski definition) is 4. The molecule has 0 saturated carbocycles. The van der Waals surface area contributed by atoms with Crippen LogP contribution in [-0.2, 0) is 4.79 Å². The van der Waals surface area contributed by atoms with Crippen LogP contribution in [0.2, 0.25) is 0 Å². The van der Waals surface area contributed by atoms with Gasteiger partial charge in [0.1, 0.15) is 0 Å². The summed E-state index contributed by atoms with van der Waals surface area (Å²) in [6, 6.07) is 10.5. The second-order valence-electron chi connectivity index (χ2n) is 5.92. The number of β-amino-alcohol motifs (C(OH)–C–C–N with tert-alkyl or cyclic N) is 1. The maximum atomic E-state index is 12.3. The van der Waals surface area contributed by atoms with Crippen LogP contribution < -0.4 is 10.2 Å². The van der Waals surface area contributed by atoms with Gasteiger partial charge in [-0.1, -0.05) is 18.2 Å². The Morgan fingerprint density at radius 3 is 2.76 bits per heavy atom. The van der Waals surface area contributed by atoms with E-state index in [1.54, 1.807) is 4.90 Å². The van der Waals surface area contributed by atoms with Crippen molar-refractivity contribution >= 4 is 11.6 Å². The van der Waals surface area contributed by atoms with E-state index < -0.39 is 0 Å². The molecule has 0 aliphatic carbocycles. The molecule has 5 nitrogen and oxygen atoms in total. The third kappa shape index (κ3) is 3.54. The van der Waals surface area contributed by atoms with E-state index >= 15 is 0 Å². The highest BCUT2D eigenvalue weighted by Crippen LogP contribution is 2.17. The minimum Gasteiger partial charge on any atom is -0.391 e. The van der Waals surface area contributed by atoms with Crippen LogP contribution in [-0.4, -0.2) is 60.8 Å². The molecule has 1 aromatic rings. The van der Waals surface area contributed by atoms with E-state index in [9.17, 15) is 9.90 Å². The zero-order valence-corrected chi connectivity index (χ0v) is 12.2. The summed E-state index contributed by atoms with van der Waals surface area (Å²) in [5.41, 5.74) is 1.22. The third-order valence-corrected chi connectivity index (χ3v) is 4.31. The van der Waals surface area contributed by atoms with Gasteiger partial charge in [-0.15, -0.1) is 0 Å². The van der Waals surface area contributed by atoms with Gasteiger partial charge in [0, 0.05) is 50.9 Å². The summed E-state index contributed by atoms with van der Waals surface area (Å²) in [4.78, 5) is 16.4. The lowest BCUT2D eigenvalue weighted by atomic mass is 10.1. The number of hydrogen-bond donors (Lipinski definition) is 2. The normalized spacial score (nSPS) is 26.1. The van der Waals surface area contributed by atoms with Crippen molar-refractivity contribution in [3.05, 3.63) is 30.3 Å². The van der Waals surface area contributed by atoms with Gasteiger partial charge in [0.25, 0.3) is 0 Å². The molecule has 114 valence electrons. The number of aliphatic hydroxyl groups excluding tert-OH is 1. The standard InChI is InChI=1S/C16H23N3O2/c20-15-6-8-19(12-15)16(21)10-13-11-18(9-7-17-13)14-4-2-1-3-5-14/h1-5,13,15,17,20H,6-12H2/t13?,15-/m1/s1. The van der Waals surface area contributed by atoms with Crippen LogP contribution in [0.5, 0.6) is 0 Å². The number of likely N-dealkylation sites (tertiary alicyclic amines) is 1. The van der Waals surface area contributed by atoms with Gasteiger partial charge in [-0.05, 0) is 18.6 Å². The summed E-state index contributed by atoms with van der Waals surface area (Å²) in [5.74, 6) is 0.152. The van der Waals surface area contributed by atoms with Crippen molar-refractivity contribution < 1.29 is 9.90 Å². The molecule has 2 heterocycles. The van der Waals surface area contributed by atoms with Crippen LogP contribution in [0.15, 0.2) is 30.3 Å². The molecule has 2 aliphatic heterocycles. The largest absolute Gasteiger partial charge is 0.391 e. The molecule has 2 atom stereocenters. The number of carbonyl (C=O) groups is 1. The zero-order valence-electron chi connectivity index (χ0n) is 12.2.